The summed E-state index contributed by atoms with van der Waals surface area (Å²) in [6, 6.07) is 0.297. The first kappa shape index (κ1) is 19.5. The van der Waals surface area contributed by atoms with Crippen molar-refractivity contribution in [3.8, 4) is 5.88 Å². The Morgan fingerprint density at radius 3 is 2.60 bits per heavy atom. The molecule has 30 heavy (non-hydrogen) atoms. The van der Waals surface area contributed by atoms with E-state index in [0.29, 0.717) is 60.6 Å². The van der Waals surface area contributed by atoms with Crippen molar-refractivity contribution in [3.05, 3.63) is 17.6 Å². The maximum atomic E-state index is 13.3. The van der Waals surface area contributed by atoms with E-state index in [-0.39, 0.29) is 5.91 Å². The lowest BCUT2D eigenvalue weighted by molar-refractivity contribution is -0.0120. The van der Waals surface area contributed by atoms with E-state index < -0.39 is 0 Å². The van der Waals surface area contributed by atoms with E-state index in [4.69, 9.17) is 4.74 Å². The molecular formula is C21H31N7O2. The number of carbonyl (C=O) groups is 1. The van der Waals surface area contributed by atoms with Gasteiger partial charge in [0, 0.05) is 12.5 Å². The monoisotopic (exact) mass is 413 g/mol. The zero-order chi connectivity index (χ0) is 20.7. The van der Waals surface area contributed by atoms with E-state index in [1.807, 2.05) is 0 Å². The fourth-order valence-electron chi connectivity index (χ4n) is 5.97. The summed E-state index contributed by atoms with van der Waals surface area (Å²) >= 11 is 0. The predicted molar refractivity (Wildman–Crippen MR) is 109 cm³/mol. The minimum Gasteiger partial charge on any atom is -0.477 e. The summed E-state index contributed by atoms with van der Waals surface area (Å²) in [5.41, 5.74) is 0.526. The van der Waals surface area contributed by atoms with Gasteiger partial charge in [0.05, 0.1) is 19.3 Å². The maximum absolute atomic E-state index is 13.3. The SMILES string of the molecule is CC(C)COc1c(C(=O)NC2C3CC4CC(C3)CC2C4)cnn1CCc1nn[nH]n1. The van der Waals surface area contributed by atoms with Gasteiger partial charge in [-0.25, -0.2) is 4.68 Å². The molecule has 0 aliphatic heterocycles. The van der Waals surface area contributed by atoms with Gasteiger partial charge >= 0.3 is 0 Å². The molecule has 2 aromatic heterocycles. The number of H-pyrrole nitrogens is 1. The first-order chi connectivity index (χ1) is 14.6. The zero-order valence-electron chi connectivity index (χ0n) is 17.8. The van der Waals surface area contributed by atoms with Crippen LogP contribution in [-0.2, 0) is 13.0 Å². The molecule has 0 aromatic carbocycles. The molecule has 4 fully saturated rings. The van der Waals surface area contributed by atoms with Crippen molar-refractivity contribution >= 4 is 5.91 Å². The van der Waals surface area contributed by atoms with Crippen LogP contribution in [0.15, 0.2) is 6.20 Å². The van der Waals surface area contributed by atoms with E-state index in [0.717, 1.165) is 11.8 Å². The fourth-order valence-corrected chi connectivity index (χ4v) is 5.97. The molecule has 0 spiro atoms. The van der Waals surface area contributed by atoms with Gasteiger partial charge in [0.2, 0.25) is 5.88 Å². The highest BCUT2D eigenvalue weighted by Crippen LogP contribution is 2.53. The second-order valence-corrected chi connectivity index (χ2v) is 9.80. The number of aromatic amines is 1. The Morgan fingerprint density at radius 1 is 1.23 bits per heavy atom. The quantitative estimate of drug-likeness (QED) is 0.687. The van der Waals surface area contributed by atoms with Gasteiger partial charge in [-0.05, 0) is 61.7 Å². The molecule has 0 unspecified atom stereocenters. The van der Waals surface area contributed by atoms with Crippen LogP contribution in [-0.4, -0.2) is 49.0 Å². The number of aryl methyl sites for hydroxylation is 2. The number of hydrogen-bond donors (Lipinski definition) is 2. The number of amides is 1. The van der Waals surface area contributed by atoms with Crippen LogP contribution in [0, 0.1) is 29.6 Å². The van der Waals surface area contributed by atoms with Crippen molar-refractivity contribution in [1.29, 1.82) is 0 Å². The Balaban J connectivity index is 1.31. The molecule has 2 aromatic rings. The number of nitrogens with one attached hydrogen (secondary N) is 2. The van der Waals surface area contributed by atoms with Crippen LogP contribution in [0.5, 0.6) is 5.88 Å². The summed E-state index contributed by atoms with van der Waals surface area (Å²) < 4.78 is 7.78. The minimum atomic E-state index is -0.0583. The number of nitrogens with zero attached hydrogens (tertiary/aromatic N) is 5. The second kappa shape index (κ2) is 8.00. The molecule has 0 radical (unpaired) electrons. The number of aromatic nitrogens is 6. The molecule has 2 N–H and O–H groups in total. The summed E-state index contributed by atoms with van der Waals surface area (Å²) in [7, 11) is 0. The third-order valence-electron chi connectivity index (χ3n) is 7.05. The van der Waals surface area contributed by atoms with Crippen LogP contribution in [0.3, 0.4) is 0 Å². The molecule has 1 amide bonds. The summed E-state index contributed by atoms with van der Waals surface area (Å²) in [4.78, 5) is 13.3. The number of tetrazole rings is 1. The third kappa shape index (κ3) is 3.81. The van der Waals surface area contributed by atoms with Crippen LogP contribution in [0.4, 0.5) is 0 Å². The smallest absolute Gasteiger partial charge is 0.258 e. The van der Waals surface area contributed by atoms with Crippen LogP contribution in [0.1, 0.15) is 62.1 Å². The normalized spacial score (nSPS) is 29.5. The lowest BCUT2D eigenvalue weighted by Gasteiger charge is -2.54. The van der Waals surface area contributed by atoms with E-state index in [9.17, 15) is 4.79 Å². The van der Waals surface area contributed by atoms with Gasteiger partial charge in [0.1, 0.15) is 5.56 Å². The Bertz CT molecular complexity index is 848. The van der Waals surface area contributed by atoms with Crippen LogP contribution in [0.25, 0.3) is 0 Å². The summed E-state index contributed by atoms with van der Waals surface area (Å²) in [5.74, 6) is 4.49. The minimum absolute atomic E-state index is 0.0583. The predicted octanol–water partition coefficient (Wildman–Crippen LogP) is 2.23. The molecule has 162 valence electrons. The molecule has 0 saturated heterocycles. The summed E-state index contributed by atoms with van der Waals surface area (Å²) in [5, 5.41) is 21.8. The van der Waals surface area contributed by atoms with Crippen LogP contribution in [0.2, 0.25) is 0 Å². The first-order valence-electron chi connectivity index (χ1n) is 11.3. The topological polar surface area (TPSA) is 111 Å². The highest BCUT2D eigenvalue weighted by Gasteiger charge is 2.48. The summed E-state index contributed by atoms with van der Waals surface area (Å²) in [6.07, 6.45) is 8.71. The second-order valence-electron chi connectivity index (χ2n) is 9.80. The molecular weight excluding hydrogens is 382 g/mol. The molecule has 2 heterocycles. The molecule has 9 heteroatoms. The van der Waals surface area contributed by atoms with Gasteiger partial charge in [-0.1, -0.05) is 19.1 Å². The van der Waals surface area contributed by atoms with E-state index in [1.54, 1.807) is 10.9 Å². The average molecular weight is 414 g/mol. The zero-order valence-corrected chi connectivity index (χ0v) is 17.8. The molecule has 4 saturated carbocycles. The lowest BCUT2D eigenvalue weighted by atomic mass is 9.54. The third-order valence-corrected chi connectivity index (χ3v) is 7.05. The number of ether oxygens (including phenoxy) is 1. The standard InChI is InChI=1S/C21H31N7O2/c1-12(2)11-30-21-17(10-22-28(21)4-3-18-24-26-27-25-18)20(29)23-19-15-6-13-5-14(8-15)9-16(19)7-13/h10,12-16,19H,3-9,11H2,1-2H3,(H,23,29)(H,24,25,26,27). The van der Waals surface area contributed by atoms with Crippen LogP contribution >= 0.6 is 0 Å². The van der Waals surface area contributed by atoms with E-state index in [2.05, 4.69) is 44.9 Å². The molecule has 0 atom stereocenters. The van der Waals surface area contributed by atoms with Crippen molar-refractivity contribution in [2.45, 2.75) is 65.0 Å². The molecule has 6 rings (SSSR count). The van der Waals surface area contributed by atoms with Crippen molar-refractivity contribution in [1.82, 2.24) is 35.7 Å². The van der Waals surface area contributed by atoms with Gasteiger partial charge in [-0.15, -0.1) is 10.2 Å². The summed E-state index contributed by atoms with van der Waals surface area (Å²) in [6.45, 7) is 5.24. The molecule has 4 aliphatic rings. The van der Waals surface area contributed by atoms with Gasteiger partial charge in [-0.3, -0.25) is 4.79 Å². The Morgan fingerprint density at radius 2 is 1.97 bits per heavy atom. The number of rotatable bonds is 8. The Labute approximate surface area is 176 Å². The Hall–Kier alpha value is -2.45. The van der Waals surface area contributed by atoms with Crippen LogP contribution < -0.4 is 10.1 Å². The molecule has 4 aliphatic carbocycles. The van der Waals surface area contributed by atoms with Gasteiger partial charge in [-0.2, -0.15) is 10.3 Å². The fraction of sp³-hybridized carbons (Fsp3) is 0.762. The maximum Gasteiger partial charge on any atom is 0.258 e. The van der Waals surface area contributed by atoms with E-state index >= 15 is 0 Å². The first-order valence-corrected chi connectivity index (χ1v) is 11.3. The van der Waals surface area contributed by atoms with E-state index in [1.165, 1.54) is 32.1 Å². The van der Waals surface area contributed by atoms with Gasteiger partial charge in [0.15, 0.2) is 5.82 Å². The average Bonchev–Trinajstić information content (AvgIpc) is 3.36. The highest BCUT2D eigenvalue weighted by molar-refractivity contribution is 5.96. The van der Waals surface area contributed by atoms with Crippen molar-refractivity contribution < 1.29 is 9.53 Å². The van der Waals surface area contributed by atoms with Crippen molar-refractivity contribution in [3.63, 3.8) is 0 Å². The van der Waals surface area contributed by atoms with Crippen molar-refractivity contribution in [2.24, 2.45) is 29.6 Å². The van der Waals surface area contributed by atoms with Crippen molar-refractivity contribution in [2.75, 3.05) is 6.61 Å². The number of hydrogen-bond acceptors (Lipinski definition) is 6. The number of carbonyl (C=O) groups excluding carboxylic acids is 1. The lowest BCUT2D eigenvalue weighted by Crippen LogP contribution is -2.55. The van der Waals surface area contributed by atoms with Gasteiger partial charge < -0.3 is 10.1 Å². The Kier molecular flexibility index (Phi) is 5.20. The largest absolute Gasteiger partial charge is 0.477 e. The molecule has 9 nitrogen and oxygen atoms in total. The van der Waals surface area contributed by atoms with Gasteiger partial charge in [0.25, 0.3) is 5.91 Å². The highest BCUT2D eigenvalue weighted by atomic mass is 16.5. The molecule has 4 bridgehead atoms.